The molecule has 150 heavy (non-hydrogen) atoms. The van der Waals surface area contributed by atoms with Crippen LogP contribution < -0.4 is 0 Å². The number of benzene rings is 15. The van der Waals surface area contributed by atoms with Gasteiger partial charge in [-0.3, -0.25) is 39.5 Å². The maximum atomic E-state index is 5.29. The summed E-state index contributed by atoms with van der Waals surface area (Å²) in [5.74, 6) is 0.860. The van der Waals surface area contributed by atoms with Crippen LogP contribution in [0.5, 0.6) is 0 Å². The summed E-state index contributed by atoms with van der Waals surface area (Å²) in [7, 11) is 0. The molecule has 15 heterocycles. The minimum absolute atomic E-state index is 0.778. The standard InChI is InChI=1S/C46H30N4.C45H29N5.C44H28N6/c1-4-14-31(15-5-1)34-29-39(32-16-6-2-7-17-32)48-44(30-34)50-41-26-25-33(28-38(41)46-43(50)24-13-27-47-46)36-21-12-23-42-45(36)37-20-10-11-22-40(37)49(42)35-18-8-3-9-19-35;1-2-12-33(13-3-1)49-40-18-5-4-14-36(40)44-35(15-10-19-42(44)49)30-21-22-41-37(29-30)45-43(20-11-25-48-45)50(41)34-27-31(38-16-6-8-23-46-38)26-32(28-34)39-17-7-9-24-47-39;1-2-12-30(13-3-1)49-39-18-5-4-14-33(39)43-32(15-10-19-41(43)49)29-21-22-40-34(26-29)44-42(20-11-25-47-44)50(40)31-27-37(35-16-6-8-23-45-35)48-38(28-31)36-17-7-9-24-46-36/h1-30H;1-29H;1-28H. The van der Waals surface area contributed by atoms with Gasteiger partial charge in [0.05, 0.1) is 128 Å². The minimum Gasteiger partial charge on any atom is -0.309 e. The summed E-state index contributed by atoms with van der Waals surface area (Å²) in [6, 6.07) is 171. The lowest BCUT2D eigenvalue weighted by molar-refractivity contribution is 1.08. The van der Waals surface area contributed by atoms with Crippen molar-refractivity contribution in [2.45, 2.75) is 0 Å². The fourth-order valence-corrected chi connectivity index (χ4v) is 22.4. The van der Waals surface area contributed by atoms with Gasteiger partial charge < -0.3 is 22.8 Å². The molecule has 0 fully saturated rings. The second-order valence-corrected chi connectivity index (χ2v) is 37.5. The summed E-state index contributed by atoms with van der Waals surface area (Å²) in [6.07, 6.45) is 12.9. The van der Waals surface area contributed by atoms with E-state index in [9.17, 15) is 0 Å². The van der Waals surface area contributed by atoms with Crippen LogP contribution in [-0.2, 0) is 0 Å². The van der Waals surface area contributed by atoms with E-state index in [2.05, 4.69) is 438 Å². The zero-order chi connectivity index (χ0) is 99.1. The van der Waals surface area contributed by atoms with Gasteiger partial charge in [-0.15, -0.1) is 0 Å². The van der Waals surface area contributed by atoms with Gasteiger partial charge in [-0.2, -0.15) is 0 Å². The summed E-state index contributed by atoms with van der Waals surface area (Å²) in [5.41, 5.74) is 40.1. The molecule has 0 atom stereocenters. The van der Waals surface area contributed by atoms with Crippen LogP contribution in [0.3, 0.4) is 0 Å². The van der Waals surface area contributed by atoms with Gasteiger partial charge in [-0.25, -0.2) is 9.97 Å². The van der Waals surface area contributed by atoms with Crippen LogP contribution in [0.1, 0.15) is 0 Å². The van der Waals surface area contributed by atoms with Crippen LogP contribution in [0.4, 0.5) is 0 Å². The topological polar surface area (TPSA) is 146 Å². The third kappa shape index (κ3) is 15.2. The van der Waals surface area contributed by atoms with Gasteiger partial charge in [0.25, 0.3) is 0 Å². The van der Waals surface area contributed by atoms with E-state index in [1.54, 1.807) is 12.4 Å². The van der Waals surface area contributed by atoms with E-state index in [0.29, 0.717) is 0 Å². The van der Waals surface area contributed by atoms with E-state index in [1.807, 2.05) is 116 Å². The van der Waals surface area contributed by atoms with Crippen molar-refractivity contribution in [3.8, 4) is 135 Å². The van der Waals surface area contributed by atoms with Crippen molar-refractivity contribution in [2.75, 3.05) is 0 Å². The quantitative estimate of drug-likeness (QED) is 0.0979. The largest absolute Gasteiger partial charge is 0.309 e. The number of rotatable bonds is 15. The van der Waals surface area contributed by atoms with Crippen LogP contribution >= 0.6 is 0 Å². The molecule has 30 rings (SSSR count). The first kappa shape index (κ1) is 87.3. The maximum absolute atomic E-state index is 5.29. The molecule has 0 saturated carbocycles. The van der Waals surface area contributed by atoms with Crippen molar-refractivity contribution < 1.29 is 0 Å². The molecule has 0 spiro atoms. The van der Waals surface area contributed by atoms with Crippen LogP contribution in [0.25, 0.3) is 267 Å². The first-order valence-corrected chi connectivity index (χ1v) is 50.3. The average Bonchev–Trinajstić information content (AvgIpc) is 1.57. The summed E-state index contributed by atoms with van der Waals surface area (Å²) >= 11 is 0. The summed E-state index contributed by atoms with van der Waals surface area (Å²) in [6.45, 7) is 0. The van der Waals surface area contributed by atoms with Crippen molar-refractivity contribution in [1.29, 1.82) is 0 Å². The van der Waals surface area contributed by atoms with Crippen LogP contribution in [0.15, 0.2) is 529 Å². The number of fused-ring (bicyclic) bond motifs is 18. The van der Waals surface area contributed by atoms with E-state index in [-0.39, 0.29) is 0 Å². The van der Waals surface area contributed by atoms with Crippen molar-refractivity contribution >= 4 is 131 Å². The Kier molecular flexibility index (Phi) is 21.5. The molecule has 0 aliphatic heterocycles. The normalized spacial score (nSPS) is 11.6. The molecule has 0 bridgehead atoms. The number of pyridine rings is 9. The molecular formula is C135H87N15. The lowest BCUT2D eigenvalue weighted by atomic mass is 9.98. The van der Waals surface area contributed by atoms with Crippen LogP contribution in [-0.4, -0.2) is 72.3 Å². The molecule has 30 aromatic rings. The molecule has 15 nitrogen and oxygen atoms in total. The second-order valence-electron chi connectivity index (χ2n) is 37.5. The fraction of sp³-hybridized carbons (Fsp3) is 0. The number of nitrogens with zero attached hydrogens (tertiary/aromatic N) is 15. The zero-order valence-electron chi connectivity index (χ0n) is 80.9. The molecular weight excluding hydrogens is 1830 g/mol. The highest BCUT2D eigenvalue weighted by Crippen LogP contribution is 2.48. The van der Waals surface area contributed by atoms with Crippen molar-refractivity contribution in [1.82, 2.24) is 72.3 Å². The zero-order valence-corrected chi connectivity index (χ0v) is 80.9. The Balaban J connectivity index is 0.000000108. The van der Waals surface area contributed by atoms with Gasteiger partial charge >= 0.3 is 0 Å². The van der Waals surface area contributed by atoms with Gasteiger partial charge in [0, 0.05) is 131 Å². The van der Waals surface area contributed by atoms with Gasteiger partial charge in [0.1, 0.15) is 5.82 Å². The molecule has 0 saturated heterocycles. The molecule has 15 aromatic heterocycles. The highest BCUT2D eigenvalue weighted by Gasteiger charge is 2.27. The van der Waals surface area contributed by atoms with E-state index >= 15 is 0 Å². The van der Waals surface area contributed by atoms with E-state index in [4.69, 9.17) is 34.9 Å². The highest BCUT2D eigenvalue weighted by atomic mass is 15.1. The predicted molar refractivity (Wildman–Crippen MR) is 614 cm³/mol. The molecule has 0 aliphatic carbocycles. The number of para-hydroxylation sites is 6. The Hall–Kier alpha value is -20.6. The van der Waals surface area contributed by atoms with Gasteiger partial charge in [0.2, 0.25) is 0 Å². The predicted octanol–water partition coefficient (Wildman–Crippen LogP) is 33.2. The monoisotopic (exact) mass is 1920 g/mol. The lowest BCUT2D eigenvalue weighted by Crippen LogP contribution is -2.00. The number of aromatic nitrogens is 15. The van der Waals surface area contributed by atoms with Crippen molar-refractivity contribution in [3.05, 3.63) is 529 Å². The Morgan fingerprint density at radius 2 is 0.440 bits per heavy atom. The molecule has 0 radical (unpaired) electrons. The number of hydrogen-bond acceptors (Lipinski definition) is 9. The second kappa shape index (κ2) is 37.0. The fourth-order valence-electron chi connectivity index (χ4n) is 22.4. The molecule has 15 heteroatoms. The number of hydrogen-bond donors (Lipinski definition) is 0. The summed E-state index contributed by atoms with van der Waals surface area (Å²) in [4.78, 5) is 43.8. The van der Waals surface area contributed by atoms with Gasteiger partial charge in [0.15, 0.2) is 0 Å². The van der Waals surface area contributed by atoms with Gasteiger partial charge in [-0.05, 0) is 281 Å². The van der Waals surface area contributed by atoms with Crippen molar-refractivity contribution in [3.63, 3.8) is 0 Å². The Morgan fingerprint density at radius 1 is 0.133 bits per heavy atom. The molecule has 15 aromatic carbocycles. The third-order valence-electron chi connectivity index (χ3n) is 28.9. The van der Waals surface area contributed by atoms with E-state index in [0.717, 1.165) is 184 Å². The van der Waals surface area contributed by atoms with Gasteiger partial charge in [-0.1, -0.05) is 249 Å². The molecule has 0 N–H and O–H groups in total. The van der Waals surface area contributed by atoms with Crippen LogP contribution in [0, 0.1) is 0 Å². The average molecular weight is 1920 g/mol. The SMILES string of the molecule is c1ccc(-c2cc(-c3ccccc3)nc(-n3c4ccc(-c5cccc6c5c5ccccc5n6-c5ccccc5)cc4c4ncccc43)c2)cc1.c1ccc(-n2c3ccccc3c3c(-c4ccc5c(c4)c4ncccc4n5-c4cc(-c5ccccn5)cc(-c5ccccn5)c4)cccc32)cc1.c1ccc(-n2c3ccccc3c3c(-c4ccc5c(c4)c4ncccc4n5-c4cc(-c5ccccn5)nc(-c5ccccn5)c4)cccc32)cc1. The maximum Gasteiger partial charge on any atom is 0.138 e. The van der Waals surface area contributed by atoms with Crippen molar-refractivity contribution in [2.24, 2.45) is 0 Å². The molecule has 0 amide bonds. The lowest BCUT2D eigenvalue weighted by Gasteiger charge is -2.13. The smallest absolute Gasteiger partial charge is 0.138 e. The highest BCUT2D eigenvalue weighted by molar-refractivity contribution is 6.21. The Morgan fingerprint density at radius 3 is 0.827 bits per heavy atom. The first-order valence-electron chi connectivity index (χ1n) is 50.3. The van der Waals surface area contributed by atoms with E-state index < -0.39 is 0 Å². The summed E-state index contributed by atoms with van der Waals surface area (Å²) in [5, 5.41) is 10.7. The molecule has 0 aliphatic rings. The summed E-state index contributed by atoms with van der Waals surface area (Å²) < 4.78 is 14.0. The Bertz CT molecular complexity index is 9330. The minimum atomic E-state index is 0.778. The third-order valence-corrected chi connectivity index (χ3v) is 28.9. The van der Waals surface area contributed by atoms with E-state index in [1.165, 1.54) is 82.1 Å². The Labute approximate surface area is 861 Å². The van der Waals surface area contributed by atoms with Crippen LogP contribution in [0.2, 0.25) is 0 Å². The first-order chi connectivity index (χ1) is 74.4. The molecule has 0 unspecified atom stereocenters. The molecule has 702 valence electrons.